The monoisotopic (exact) mass is 297 g/mol. The van der Waals surface area contributed by atoms with Gasteiger partial charge in [0.15, 0.2) is 0 Å². The van der Waals surface area contributed by atoms with E-state index in [0.29, 0.717) is 5.92 Å². The molecule has 2 rings (SSSR count). The molecule has 0 aliphatic heterocycles. The Bertz CT molecular complexity index is 546. The maximum Gasteiger partial charge on any atom is 0.108 e. The molecule has 2 nitrogen and oxygen atoms in total. The molecule has 0 unspecified atom stereocenters. The summed E-state index contributed by atoms with van der Waals surface area (Å²) in [6.07, 6.45) is 0.00219. The van der Waals surface area contributed by atoms with Gasteiger partial charge in [0, 0.05) is 6.54 Å². The summed E-state index contributed by atoms with van der Waals surface area (Å²) in [7, 11) is 4.14. The van der Waals surface area contributed by atoms with Crippen LogP contribution in [0.15, 0.2) is 54.6 Å². The molecule has 0 amide bonds. The summed E-state index contributed by atoms with van der Waals surface area (Å²) in [5, 5.41) is 0. The van der Waals surface area contributed by atoms with Crippen molar-refractivity contribution >= 4 is 0 Å². The number of rotatable bonds is 7. The van der Waals surface area contributed by atoms with Gasteiger partial charge in [0.2, 0.25) is 0 Å². The Morgan fingerprint density at radius 3 is 1.91 bits per heavy atom. The number of benzene rings is 2. The maximum absolute atomic E-state index is 6.18. The number of hydrogen-bond donors (Lipinski definition) is 0. The topological polar surface area (TPSA) is 12.5 Å². The minimum atomic E-state index is 0.00219. The van der Waals surface area contributed by atoms with Gasteiger partial charge in [-0.25, -0.2) is 0 Å². The van der Waals surface area contributed by atoms with Crippen molar-refractivity contribution in [2.24, 2.45) is 0 Å². The van der Waals surface area contributed by atoms with E-state index in [1.54, 1.807) is 0 Å². The van der Waals surface area contributed by atoms with Gasteiger partial charge >= 0.3 is 0 Å². The summed E-state index contributed by atoms with van der Waals surface area (Å²) in [4.78, 5) is 2.14. The van der Waals surface area contributed by atoms with Crippen LogP contribution in [0.25, 0.3) is 0 Å². The van der Waals surface area contributed by atoms with Crippen LogP contribution in [0.4, 0.5) is 0 Å². The molecule has 2 aromatic rings. The highest BCUT2D eigenvalue weighted by molar-refractivity contribution is 5.33. The van der Waals surface area contributed by atoms with Crippen molar-refractivity contribution in [3.63, 3.8) is 0 Å². The lowest BCUT2D eigenvalue weighted by Gasteiger charge is -2.21. The van der Waals surface area contributed by atoms with Crippen molar-refractivity contribution in [1.29, 1.82) is 0 Å². The third-order valence-corrected chi connectivity index (χ3v) is 3.83. The molecule has 22 heavy (non-hydrogen) atoms. The Kier molecular flexibility index (Phi) is 6.17. The quantitative estimate of drug-likeness (QED) is 0.747. The van der Waals surface area contributed by atoms with Crippen molar-refractivity contribution in [1.82, 2.24) is 4.90 Å². The van der Waals surface area contributed by atoms with Crippen LogP contribution in [0.3, 0.4) is 0 Å². The minimum Gasteiger partial charge on any atom is -0.367 e. The highest BCUT2D eigenvalue weighted by Gasteiger charge is 2.15. The molecule has 0 fully saturated rings. The van der Waals surface area contributed by atoms with E-state index in [9.17, 15) is 0 Å². The number of likely N-dealkylation sites (N-methyl/N-ethyl adjacent to an activating group) is 1. The van der Waals surface area contributed by atoms with Crippen LogP contribution in [0.1, 0.15) is 42.6 Å². The van der Waals surface area contributed by atoms with Crippen LogP contribution in [-0.4, -0.2) is 32.1 Å². The lowest BCUT2D eigenvalue weighted by Crippen LogP contribution is -2.20. The number of hydrogen-bond acceptors (Lipinski definition) is 2. The van der Waals surface area contributed by atoms with E-state index in [1.807, 2.05) is 6.07 Å². The summed E-state index contributed by atoms with van der Waals surface area (Å²) in [6.45, 7) is 6.08. The molecule has 118 valence electrons. The van der Waals surface area contributed by atoms with Gasteiger partial charge in [0.25, 0.3) is 0 Å². The second-order valence-electron chi connectivity index (χ2n) is 6.29. The maximum atomic E-state index is 6.18. The van der Waals surface area contributed by atoms with Gasteiger partial charge in [-0.1, -0.05) is 68.4 Å². The van der Waals surface area contributed by atoms with Crippen molar-refractivity contribution in [3.05, 3.63) is 71.3 Å². The molecule has 1 atom stereocenters. The molecule has 0 saturated heterocycles. The normalized spacial score (nSPS) is 12.8. The fourth-order valence-corrected chi connectivity index (χ4v) is 2.42. The highest BCUT2D eigenvalue weighted by Crippen LogP contribution is 2.27. The van der Waals surface area contributed by atoms with Gasteiger partial charge in [-0.05, 0) is 36.7 Å². The van der Waals surface area contributed by atoms with Gasteiger partial charge in [0.1, 0.15) is 6.10 Å². The summed E-state index contributed by atoms with van der Waals surface area (Å²) in [6, 6.07) is 19.3. The van der Waals surface area contributed by atoms with Gasteiger partial charge in [-0.15, -0.1) is 0 Å². The van der Waals surface area contributed by atoms with Crippen LogP contribution in [0.5, 0.6) is 0 Å². The van der Waals surface area contributed by atoms with Crippen LogP contribution in [0, 0.1) is 0 Å². The van der Waals surface area contributed by atoms with E-state index in [1.165, 1.54) is 16.7 Å². The third-order valence-electron chi connectivity index (χ3n) is 3.83. The molecule has 0 spiro atoms. The third kappa shape index (κ3) is 4.69. The Morgan fingerprint density at radius 2 is 1.36 bits per heavy atom. The number of nitrogens with zero attached hydrogens (tertiary/aromatic N) is 1. The van der Waals surface area contributed by atoms with E-state index >= 15 is 0 Å². The summed E-state index contributed by atoms with van der Waals surface area (Å²) >= 11 is 0. The average molecular weight is 297 g/mol. The molecule has 0 aromatic heterocycles. The zero-order chi connectivity index (χ0) is 15.9. The predicted octanol–water partition coefficient (Wildman–Crippen LogP) is 4.48. The van der Waals surface area contributed by atoms with E-state index in [-0.39, 0.29) is 6.10 Å². The molecule has 0 N–H and O–H groups in total. The zero-order valence-corrected chi connectivity index (χ0v) is 14.1. The molecule has 0 aliphatic rings. The van der Waals surface area contributed by atoms with E-state index in [2.05, 4.69) is 81.4 Å². The molecule has 2 aromatic carbocycles. The van der Waals surface area contributed by atoms with Gasteiger partial charge in [0.05, 0.1) is 6.61 Å². The Labute approximate surface area is 134 Å². The second-order valence-corrected chi connectivity index (χ2v) is 6.29. The fraction of sp³-hybridized carbons (Fsp3) is 0.400. The smallest absolute Gasteiger partial charge is 0.108 e. The van der Waals surface area contributed by atoms with E-state index in [4.69, 9.17) is 4.74 Å². The largest absolute Gasteiger partial charge is 0.367 e. The molecule has 0 heterocycles. The Morgan fingerprint density at radius 1 is 0.818 bits per heavy atom. The van der Waals surface area contributed by atoms with Gasteiger partial charge < -0.3 is 9.64 Å². The Hall–Kier alpha value is -1.64. The molecular weight excluding hydrogens is 270 g/mol. The van der Waals surface area contributed by atoms with Crippen LogP contribution in [0.2, 0.25) is 0 Å². The van der Waals surface area contributed by atoms with Crippen LogP contribution in [-0.2, 0) is 4.74 Å². The highest BCUT2D eigenvalue weighted by atomic mass is 16.5. The average Bonchev–Trinajstić information content (AvgIpc) is 2.52. The first-order valence-electron chi connectivity index (χ1n) is 7.99. The van der Waals surface area contributed by atoms with Gasteiger partial charge in [-0.2, -0.15) is 0 Å². The summed E-state index contributed by atoms with van der Waals surface area (Å²) < 4.78 is 6.18. The molecule has 0 aliphatic carbocycles. The molecule has 0 bridgehead atoms. The van der Waals surface area contributed by atoms with Crippen molar-refractivity contribution in [2.75, 3.05) is 27.2 Å². The van der Waals surface area contributed by atoms with E-state index in [0.717, 1.165) is 13.2 Å². The standard InChI is InChI=1S/C20H27NO/c1-16(2)17-10-12-19(13-11-17)20(22-15-14-21(3)4)18-8-6-5-7-9-18/h5-13,16,20H,14-15H2,1-4H3/t20-/m0/s1. The Balaban J connectivity index is 2.19. The first-order chi connectivity index (χ1) is 10.6. The van der Waals surface area contributed by atoms with E-state index < -0.39 is 0 Å². The molecule has 0 radical (unpaired) electrons. The summed E-state index contributed by atoms with van der Waals surface area (Å²) in [5.74, 6) is 0.555. The fourth-order valence-electron chi connectivity index (χ4n) is 2.42. The van der Waals surface area contributed by atoms with Crippen LogP contribution >= 0.6 is 0 Å². The lowest BCUT2D eigenvalue weighted by atomic mass is 9.97. The van der Waals surface area contributed by atoms with Crippen molar-refractivity contribution in [3.8, 4) is 0 Å². The second kappa shape index (κ2) is 8.11. The lowest BCUT2D eigenvalue weighted by molar-refractivity contribution is 0.0687. The molecular formula is C20H27NO. The van der Waals surface area contributed by atoms with Crippen molar-refractivity contribution in [2.45, 2.75) is 25.9 Å². The molecule has 2 heteroatoms. The minimum absolute atomic E-state index is 0.00219. The SMILES string of the molecule is CC(C)c1ccc([C@@H](OCCN(C)C)c2ccccc2)cc1. The molecule has 0 saturated carbocycles. The first kappa shape index (κ1) is 16.7. The zero-order valence-electron chi connectivity index (χ0n) is 14.1. The number of ether oxygens (including phenoxy) is 1. The first-order valence-corrected chi connectivity index (χ1v) is 7.99. The summed E-state index contributed by atoms with van der Waals surface area (Å²) in [5.41, 5.74) is 3.79. The van der Waals surface area contributed by atoms with Gasteiger partial charge in [-0.3, -0.25) is 0 Å². The van der Waals surface area contributed by atoms with Crippen molar-refractivity contribution < 1.29 is 4.74 Å². The van der Waals surface area contributed by atoms with Crippen LogP contribution < -0.4 is 0 Å². The predicted molar refractivity (Wildman–Crippen MR) is 93.3 cm³/mol.